The first-order valence-electron chi connectivity index (χ1n) is 29.5. The first-order valence-corrected chi connectivity index (χ1v) is 31.9. The first kappa shape index (κ1) is 78.2. The molecule has 0 unspecified atom stereocenters. The van der Waals surface area contributed by atoms with Crippen LogP contribution in [-0.4, -0.2) is 90.9 Å². The second-order valence-corrected chi connectivity index (χ2v) is 19.8. The highest BCUT2D eigenvalue weighted by molar-refractivity contribution is 7.16. The van der Waals surface area contributed by atoms with Crippen molar-refractivity contribution in [3.63, 3.8) is 0 Å². The molecule has 96 heavy (non-hydrogen) atoms. The van der Waals surface area contributed by atoms with Crippen LogP contribution in [0, 0.1) is 0 Å². The number of hydrogen-bond donors (Lipinski definition) is 0. The van der Waals surface area contributed by atoms with Crippen molar-refractivity contribution in [3.8, 4) is 32.1 Å². The zero-order chi connectivity index (χ0) is 70.7. The summed E-state index contributed by atoms with van der Waals surface area (Å²) in [5.74, 6) is -1.16. The number of alkyl halides is 9. The van der Waals surface area contributed by atoms with Gasteiger partial charge in [-0.3, -0.25) is 15.0 Å². The standard InChI is InChI=1S/3C16H10F3N7OS.6C2H6/c17-16(18,19)15-22-14(25-27-15)11-6-5-10(28-11)9-26(12-3-1-7-20-23-12)13-4-2-8-21-24-13;17-16(18,19)15-24-14(25-27-15)11-2-1-10(28-11)9-26(12-7-20-3-5-22-12)13-8-21-4-6-23-13;17-16(18,19)15-23-14(25-27-15)11-4-3-10(28-11)9-26(12-2-1-5-22-24-12)13-8-20-6-7-21-13;6*1-2/h3*1-8H,9H2;6*1-2H3. The van der Waals surface area contributed by atoms with Gasteiger partial charge in [0.1, 0.15) is 0 Å². The van der Waals surface area contributed by atoms with E-state index in [1.54, 1.807) is 162 Å². The van der Waals surface area contributed by atoms with Gasteiger partial charge in [0.05, 0.1) is 52.9 Å². The molecule has 0 spiro atoms. The van der Waals surface area contributed by atoms with Gasteiger partial charge in [-0.2, -0.15) is 69.8 Å². The monoisotopic (exact) mass is 1400 g/mol. The molecule has 0 aliphatic carbocycles. The average Bonchev–Trinajstić information content (AvgIpc) is 1.66. The number of hydrogen-bond acceptors (Lipinski definition) is 27. The van der Waals surface area contributed by atoms with Gasteiger partial charge in [0.15, 0.2) is 34.9 Å². The Morgan fingerprint density at radius 1 is 0.333 bits per heavy atom. The average molecular weight is 1400 g/mol. The van der Waals surface area contributed by atoms with E-state index in [1.807, 2.05) is 83.1 Å². The van der Waals surface area contributed by atoms with Crippen LogP contribution in [0.4, 0.5) is 74.4 Å². The maximum atomic E-state index is 12.6. The molecule has 0 saturated carbocycles. The van der Waals surface area contributed by atoms with Crippen LogP contribution in [0.1, 0.15) is 115 Å². The molecule has 24 nitrogen and oxygen atoms in total. The molecule has 0 saturated heterocycles. The highest BCUT2D eigenvalue weighted by Gasteiger charge is 2.40. The third-order valence-electron chi connectivity index (χ3n) is 10.6. The zero-order valence-electron chi connectivity index (χ0n) is 53.7. The fourth-order valence-corrected chi connectivity index (χ4v) is 9.74. The Balaban J connectivity index is 0.000000283. The molecular formula is C60H66F9N21O3S3. The van der Waals surface area contributed by atoms with E-state index in [0.29, 0.717) is 69.2 Å². The summed E-state index contributed by atoms with van der Waals surface area (Å²) < 4.78 is 127. The van der Waals surface area contributed by atoms with Gasteiger partial charge >= 0.3 is 36.2 Å². The minimum atomic E-state index is -4.68. The first-order chi connectivity index (χ1) is 46.5. The molecule has 0 amide bonds. The van der Waals surface area contributed by atoms with Crippen LogP contribution in [0.2, 0.25) is 0 Å². The van der Waals surface area contributed by atoms with Gasteiger partial charge in [0, 0.05) is 70.4 Å². The van der Waals surface area contributed by atoms with E-state index in [4.69, 9.17) is 0 Å². The second kappa shape index (κ2) is 40.1. The van der Waals surface area contributed by atoms with Gasteiger partial charge in [0.2, 0.25) is 17.5 Å². The number of anilines is 6. The molecule has 0 N–H and O–H groups in total. The number of rotatable bonds is 15. The molecule has 0 bridgehead atoms. The molecule has 12 rings (SSSR count). The summed E-state index contributed by atoms with van der Waals surface area (Å²) in [5, 5.41) is 34.1. The quantitative estimate of drug-likeness (QED) is 0.0862. The lowest BCUT2D eigenvalue weighted by atomic mass is 10.3. The Hall–Kier alpha value is -10.2. The number of thiophene rings is 3. The van der Waals surface area contributed by atoms with Gasteiger partial charge in [-0.05, 0) is 72.8 Å². The van der Waals surface area contributed by atoms with Crippen molar-refractivity contribution in [1.82, 2.24) is 90.9 Å². The van der Waals surface area contributed by atoms with E-state index in [2.05, 4.69) is 104 Å². The normalized spacial score (nSPS) is 10.5. The third-order valence-corrected chi connectivity index (χ3v) is 13.8. The van der Waals surface area contributed by atoms with E-state index < -0.39 is 36.2 Å². The van der Waals surface area contributed by atoms with Crippen LogP contribution in [0.25, 0.3) is 32.1 Å². The highest BCUT2D eigenvalue weighted by Crippen LogP contribution is 2.37. The molecule has 12 aromatic heterocycles. The van der Waals surface area contributed by atoms with Crippen LogP contribution in [0.5, 0.6) is 0 Å². The molecular weight excluding hydrogens is 1330 g/mol. The van der Waals surface area contributed by atoms with E-state index in [1.165, 1.54) is 34.0 Å². The molecule has 0 fully saturated rings. The summed E-state index contributed by atoms with van der Waals surface area (Å²) in [6, 6.07) is 20.7. The lowest BCUT2D eigenvalue weighted by Crippen LogP contribution is -2.18. The number of halogens is 9. The lowest BCUT2D eigenvalue weighted by Gasteiger charge is -2.21. The van der Waals surface area contributed by atoms with Gasteiger partial charge < -0.3 is 28.3 Å². The minimum Gasteiger partial charge on any atom is -0.329 e. The Bertz CT molecular complexity index is 3460. The summed E-state index contributed by atoms with van der Waals surface area (Å²) in [6.07, 6.45) is 4.67. The molecule has 510 valence electrons. The Morgan fingerprint density at radius 3 is 0.812 bits per heavy atom. The fraction of sp³-hybridized carbons (Fsp3) is 0.300. The van der Waals surface area contributed by atoms with Gasteiger partial charge in [-0.1, -0.05) is 98.6 Å². The second-order valence-electron chi connectivity index (χ2n) is 16.3. The van der Waals surface area contributed by atoms with E-state index in [0.717, 1.165) is 14.6 Å². The smallest absolute Gasteiger partial charge is 0.329 e. The van der Waals surface area contributed by atoms with Crippen LogP contribution in [0.3, 0.4) is 0 Å². The van der Waals surface area contributed by atoms with Crippen molar-refractivity contribution in [2.45, 2.75) is 121 Å². The molecule has 0 atom stereocenters. The van der Waals surface area contributed by atoms with Gasteiger partial charge in [0.25, 0.3) is 0 Å². The zero-order valence-corrected chi connectivity index (χ0v) is 56.2. The van der Waals surface area contributed by atoms with Crippen LogP contribution in [0.15, 0.2) is 161 Å². The summed E-state index contributed by atoms with van der Waals surface area (Å²) in [7, 11) is 0. The van der Waals surface area contributed by atoms with Crippen molar-refractivity contribution in [2.75, 3.05) is 14.7 Å². The van der Waals surface area contributed by atoms with Crippen molar-refractivity contribution >= 4 is 68.9 Å². The highest BCUT2D eigenvalue weighted by atomic mass is 32.1. The largest absolute Gasteiger partial charge is 0.471 e. The SMILES string of the molecule is CC.CC.CC.CC.CC.CC.FC(F)(F)c1nc(-c2ccc(CN(c3cccnn3)c3cccnn3)s2)no1.FC(F)(F)c1nc(-c2ccc(CN(c3cnccn3)c3cccnn3)s2)no1.FC(F)(F)c1nc(-c2ccc(CN(c3cnccn3)c3cnccn3)s2)no1. The molecule has 36 heteroatoms. The maximum absolute atomic E-state index is 12.6. The summed E-state index contributed by atoms with van der Waals surface area (Å²) in [6.45, 7) is 25.1. The molecule has 0 radical (unpaired) electrons. The molecule has 12 aromatic rings. The minimum absolute atomic E-state index is 0.117. The summed E-state index contributed by atoms with van der Waals surface area (Å²) in [5.41, 5.74) is 0. The van der Waals surface area contributed by atoms with E-state index >= 15 is 0 Å². The van der Waals surface area contributed by atoms with Crippen LogP contribution in [-0.2, 0) is 38.2 Å². The summed E-state index contributed by atoms with van der Waals surface area (Å²) in [4.78, 5) is 44.4. The third kappa shape index (κ3) is 23.1. The van der Waals surface area contributed by atoms with Crippen molar-refractivity contribution in [3.05, 3.63) is 179 Å². The predicted octanol–water partition coefficient (Wildman–Crippen LogP) is 17.4. The van der Waals surface area contributed by atoms with Gasteiger partial charge in [-0.15, -0.1) is 49.3 Å². The van der Waals surface area contributed by atoms with E-state index in [9.17, 15) is 39.5 Å². The fourth-order valence-electron chi connectivity index (χ4n) is 6.97. The van der Waals surface area contributed by atoms with Crippen molar-refractivity contribution in [1.29, 1.82) is 0 Å². The Kier molecular flexibility index (Phi) is 32.7. The number of aromatic nitrogens is 18. The Labute approximate surface area is 557 Å². The molecule has 12 heterocycles. The summed E-state index contributed by atoms with van der Waals surface area (Å²) >= 11 is 3.71. The molecule has 0 aromatic carbocycles. The van der Waals surface area contributed by atoms with Crippen LogP contribution >= 0.6 is 34.0 Å². The predicted molar refractivity (Wildman–Crippen MR) is 346 cm³/mol. The molecule has 0 aliphatic rings. The van der Waals surface area contributed by atoms with Crippen molar-refractivity contribution in [2.24, 2.45) is 0 Å². The topological polar surface area (TPSA) is 281 Å². The Morgan fingerprint density at radius 2 is 0.594 bits per heavy atom. The lowest BCUT2D eigenvalue weighted by molar-refractivity contribution is -0.160. The number of nitrogens with zero attached hydrogens (tertiary/aromatic N) is 21. The van der Waals surface area contributed by atoms with Crippen LogP contribution < -0.4 is 14.7 Å². The van der Waals surface area contributed by atoms with Crippen molar-refractivity contribution < 1.29 is 53.1 Å². The van der Waals surface area contributed by atoms with Gasteiger partial charge in [-0.25, -0.2) is 15.0 Å². The van der Waals surface area contributed by atoms with E-state index in [-0.39, 0.29) is 17.5 Å². The maximum Gasteiger partial charge on any atom is 0.471 e. The molecule has 0 aliphatic heterocycles.